The van der Waals surface area contributed by atoms with Crippen LogP contribution in [0, 0.1) is 0 Å². The first-order valence-corrected chi connectivity index (χ1v) is 10.2. The van der Waals surface area contributed by atoms with Crippen molar-refractivity contribution in [2.24, 2.45) is 0 Å². The Morgan fingerprint density at radius 1 is 1.20 bits per heavy atom. The van der Waals surface area contributed by atoms with E-state index in [1.54, 1.807) is 11.3 Å². The molecule has 5 nitrogen and oxygen atoms in total. The second-order valence-corrected chi connectivity index (χ2v) is 8.81. The molecule has 0 aromatic carbocycles. The first kappa shape index (κ1) is 18.4. The molecule has 0 atom stereocenters. The molecular formula is C19H29N2O3S+. The number of amides is 1. The van der Waals surface area contributed by atoms with E-state index >= 15 is 0 Å². The van der Waals surface area contributed by atoms with Gasteiger partial charge in [0, 0.05) is 4.88 Å². The first-order chi connectivity index (χ1) is 11.9. The van der Waals surface area contributed by atoms with Crippen LogP contribution in [0.4, 0.5) is 5.00 Å². The number of thiophene rings is 1. The van der Waals surface area contributed by atoms with Gasteiger partial charge in [0.15, 0.2) is 6.54 Å². The first-order valence-electron chi connectivity index (χ1n) is 9.36. The van der Waals surface area contributed by atoms with Crippen LogP contribution in [-0.2, 0) is 22.4 Å². The zero-order chi connectivity index (χ0) is 18.0. The molecule has 138 valence electrons. The van der Waals surface area contributed by atoms with Crippen molar-refractivity contribution in [3.05, 3.63) is 16.0 Å². The number of quaternary nitrogens is 1. The highest BCUT2D eigenvalue weighted by Crippen LogP contribution is 2.39. The summed E-state index contributed by atoms with van der Waals surface area (Å²) in [7, 11) is 4.27. The highest BCUT2D eigenvalue weighted by atomic mass is 32.1. The Hall–Kier alpha value is -1.40. The zero-order valence-corrected chi connectivity index (χ0v) is 16.3. The van der Waals surface area contributed by atoms with E-state index in [0.717, 1.165) is 24.8 Å². The molecule has 1 N–H and O–H groups in total. The quantitative estimate of drug-likeness (QED) is 0.621. The number of esters is 1. The van der Waals surface area contributed by atoms with E-state index in [1.165, 1.54) is 30.6 Å². The second-order valence-electron chi connectivity index (χ2n) is 7.71. The summed E-state index contributed by atoms with van der Waals surface area (Å²) >= 11 is 1.55. The lowest BCUT2D eigenvalue weighted by atomic mass is 10.1. The fourth-order valence-corrected chi connectivity index (χ4v) is 5.47. The maximum absolute atomic E-state index is 12.7. The van der Waals surface area contributed by atoms with Crippen LogP contribution in [0.25, 0.3) is 0 Å². The third-order valence-corrected chi connectivity index (χ3v) is 6.73. The predicted octanol–water partition coefficient (Wildman–Crippen LogP) is 3.37. The van der Waals surface area contributed by atoms with Crippen LogP contribution in [0.3, 0.4) is 0 Å². The molecule has 1 amide bonds. The lowest BCUT2D eigenvalue weighted by Crippen LogP contribution is -2.51. The summed E-state index contributed by atoms with van der Waals surface area (Å²) in [6.07, 6.45) is 7.89. The van der Waals surface area contributed by atoms with E-state index in [4.69, 9.17) is 4.74 Å². The van der Waals surface area contributed by atoms with Crippen LogP contribution < -0.4 is 5.32 Å². The Morgan fingerprint density at radius 2 is 1.92 bits per heavy atom. The number of nitrogens with zero attached hydrogens (tertiary/aromatic N) is 1. The average Bonchev–Trinajstić information content (AvgIpc) is 3.23. The minimum absolute atomic E-state index is 0.0117. The number of aryl methyl sites for hydroxylation is 1. The molecule has 1 aromatic heterocycles. The molecule has 0 radical (unpaired) electrons. The van der Waals surface area contributed by atoms with E-state index in [-0.39, 0.29) is 11.9 Å². The maximum Gasteiger partial charge on any atom is 0.341 e. The molecule has 2 aliphatic rings. The largest absolute Gasteiger partial charge is 0.462 e. The number of hydrogen-bond donors (Lipinski definition) is 1. The number of ether oxygens (including phenoxy) is 1. The molecule has 1 saturated carbocycles. The Balaban J connectivity index is 1.74. The van der Waals surface area contributed by atoms with Gasteiger partial charge in [-0.05, 0) is 57.4 Å². The lowest BCUT2D eigenvalue weighted by Gasteiger charge is -2.35. The number of anilines is 1. The van der Waals surface area contributed by atoms with Gasteiger partial charge in [0.2, 0.25) is 0 Å². The van der Waals surface area contributed by atoms with Crippen molar-refractivity contribution in [3.63, 3.8) is 0 Å². The van der Waals surface area contributed by atoms with Crippen molar-refractivity contribution in [1.29, 1.82) is 0 Å². The third-order valence-electron chi connectivity index (χ3n) is 5.52. The van der Waals surface area contributed by atoms with Gasteiger partial charge >= 0.3 is 5.97 Å². The molecule has 1 aromatic rings. The SMILES string of the molecule is CCOC(=O)c1c(NC(=O)C[N+](C)(C)C2CCCC2)sc2c1CCC2. The van der Waals surface area contributed by atoms with Crippen LogP contribution >= 0.6 is 11.3 Å². The van der Waals surface area contributed by atoms with E-state index in [0.29, 0.717) is 34.2 Å². The average molecular weight is 366 g/mol. The van der Waals surface area contributed by atoms with Crippen LogP contribution in [0.2, 0.25) is 0 Å². The monoisotopic (exact) mass is 365 g/mol. The van der Waals surface area contributed by atoms with Gasteiger partial charge in [-0.2, -0.15) is 0 Å². The molecule has 0 aliphatic heterocycles. The minimum atomic E-state index is -0.304. The summed E-state index contributed by atoms with van der Waals surface area (Å²) in [4.78, 5) is 26.3. The fourth-order valence-electron chi connectivity index (χ4n) is 4.18. The third kappa shape index (κ3) is 3.90. The molecular weight excluding hydrogens is 336 g/mol. The summed E-state index contributed by atoms with van der Waals surface area (Å²) < 4.78 is 5.94. The molecule has 2 aliphatic carbocycles. The molecule has 25 heavy (non-hydrogen) atoms. The Morgan fingerprint density at radius 3 is 2.60 bits per heavy atom. The van der Waals surface area contributed by atoms with Gasteiger partial charge < -0.3 is 14.5 Å². The normalized spacial score (nSPS) is 17.6. The maximum atomic E-state index is 12.7. The zero-order valence-electron chi connectivity index (χ0n) is 15.5. The highest BCUT2D eigenvalue weighted by Gasteiger charge is 2.34. The Labute approximate surface area is 153 Å². The molecule has 1 fully saturated rings. The molecule has 0 spiro atoms. The molecule has 0 bridgehead atoms. The topological polar surface area (TPSA) is 55.4 Å². The van der Waals surface area contributed by atoms with Gasteiger partial charge in [-0.3, -0.25) is 4.79 Å². The van der Waals surface area contributed by atoms with Crippen molar-refractivity contribution >= 4 is 28.2 Å². The lowest BCUT2D eigenvalue weighted by molar-refractivity contribution is -0.906. The number of nitrogens with one attached hydrogen (secondary N) is 1. The van der Waals surface area contributed by atoms with Crippen molar-refractivity contribution in [2.45, 2.75) is 57.9 Å². The Kier molecular flexibility index (Phi) is 5.49. The van der Waals surface area contributed by atoms with Crippen molar-refractivity contribution in [3.8, 4) is 0 Å². The summed E-state index contributed by atoms with van der Waals surface area (Å²) in [5, 5.41) is 3.70. The van der Waals surface area contributed by atoms with Crippen molar-refractivity contribution in [2.75, 3.05) is 32.6 Å². The molecule has 3 rings (SSSR count). The standard InChI is InChI=1S/C19H28N2O3S/c1-4-24-19(23)17-14-10-7-11-15(14)25-18(17)20-16(22)12-21(2,3)13-8-5-6-9-13/h13H,4-12H2,1-3H3/p+1. The molecule has 6 heteroatoms. The minimum Gasteiger partial charge on any atom is -0.462 e. The van der Waals surface area contributed by atoms with Crippen LogP contribution in [0.5, 0.6) is 0 Å². The number of hydrogen-bond acceptors (Lipinski definition) is 4. The van der Waals surface area contributed by atoms with Gasteiger partial charge in [0.25, 0.3) is 5.91 Å². The predicted molar refractivity (Wildman–Crippen MR) is 100 cm³/mol. The summed E-state index contributed by atoms with van der Waals surface area (Å²) in [6.45, 7) is 2.60. The molecule has 1 heterocycles. The van der Waals surface area contributed by atoms with E-state index < -0.39 is 0 Å². The number of carbonyl (C=O) groups is 2. The van der Waals surface area contributed by atoms with Crippen molar-refractivity contribution < 1.29 is 18.8 Å². The van der Waals surface area contributed by atoms with Crippen LogP contribution in [0.15, 0.2) is 0 Å². The highest BCUT2D eigenvalue weighted by molar-refractivity contribution is 7.17. The summed E-state index contributed by atoms with van der Waals surface area (Å²) in [6, 6.07) is 0.559. The molecule has 0 unspecified atom stereocenters. The Bertz CT molecular complexity index is 660. The van der Waals surface area contributed by atoms with Gasteiger partial charge in [0.05, 0.1) is 32.3 Å². The van der Waals surface area contributed by atoms with Crippen molar-refractivity contribution in [1.82, 2.24) is 0 Å². The fraction of sp³-hybridized carbons (Fsp3) is 0.684. The second kappa shape index (κ2) is 7.46. The van der Waals surface area contributed by atoms with E-state index in [1.807, 2.05) is 6.92 Å². The number of fused-ring (bicyclic) bond motifs is 1. The number of rotatable bonds is 6. The summed E-state index contributed by atoms with van der Waals surface area (Å²) in [5.74, 6) is -0.316. The van der Waals surface area contributed by atoms with Crippen LogP contribution in [-0.4, -0.2) is 49.6 Å². The van der Waals surface area contributed by atoms with Gasteiger partial charge in [0.1, 0.15) is 5.00 Å². The summed E-state index contributed by atoms with van der Waals surface area (Å²) in [5.41, 5.74) is 1.68. The molecule has 0 saturated heterocycles. The van der Waals surface area contributed by atoms with Gasteiger partial charge in [-0.25, -0.2) is 4.79 Å². The number of carbonyl (C=O) groups excluding carboxylic acids is 2. The van der Waals surface area contributed by atoms with Crippen LogP contribution in [0.1, 0.15) is 59.8 Å². The van der Waals surface area contributed by atoms with Gasteiger partial charge in [-0.15, -0.1) is 11.3 Å². The van der Waals surface area contributed by atoms with Gasteiger partial charge in [-0.1, -0.05) is 0 Å². The van der Waals surface area contributed by atoms with E-state index in [2.05, 4.69) is 19.4 Å². The smallest absolute Gasteiger partial charge is 0.341 e. The van der Waals surface area contributed by atoms with E-state index in [9.17, 15) is 9.59 Å². The number of likely N-dealkylation sites (N-methyl/N-ethyl adjacent to an activating group) is 1.